The van der Waals surface area contributed by atoms with Crippen molar-refractivity contribution < 1.29 is 22.9 Å². The summed E-state index contributed by atoms with van der Waals surface area (Å²) in [5.74, 6) is -0.966. The van der Waals surface area contributed by atoms with Crippen molar-refractivity contribution in [3.05, 3.63) is 141 Å². The van der Waals surface area contributed by atoms with Crippen molar-refractivity contribution in [1.82, 2.24) is 14.9 Å². The Labute approximate surface area is 246 Å². The molecule has 5 rings (SSSR count). The van der Waals surface area contributed by atoms with Crippen molar-refractivity contribution in [2.24, 2.45) is 0 Å². The Hall–Kier alpha value is -4.99. The number of nitro groups is 1. The maximum atomic E-state index is 13.4. The van der Waals surface area contributed by atoms with E-state index in [-0.39, 0.29) is 18.0 Å². The van der Waals surface area contributed by atoms with Gasteiger partial charge in [-0.15, -0.1) is 0 Å². The van der Waals surface area contributed by atoms with E-state index in [4.69, 9.17) is 0 Å². The van der Waals surface area contributed by atoms with Crippen LogP contribution in [0.1, 0.15) is 45.8 Å². The molecule has 1 atom stereocenters. The van der Waals surface area contributed by atoms with Gasteiger partial charge in [-0.25, -0.2) is 0 Å². The lowest BCUT2D eigenvalue weighted by Crippen LogP contribution is -2.27. The Morgan fingerprint density at radius 3 is 2.42 bits per heavy atom. The van der Waals surface area contributed by atoms with E-state index in [0.717, 1.165) is 29.0 Å². The van der Waals surface area contributed by atoms with Gasteiger partial charge < -0.3 is 9.88 Å². The minimum atomic E-state index is -4.51. The monoisotopic (exact) mass is 586 g/mol. The van der Waals surface area contributed by atoms with Crippen LogP contribution in [0.3, 0.4) is 0 Å². The molecular formula is C33H29F3N4O3. The SMILES string of the molecule is Cc1ccc(Cn2cc([C@@H](CC(=O)NCCc3ccccn3)c3ccc(C(F)(F)F)cc3)c3cc([N+](=O)[O-])ccc32)cc1. The predicted octanol–water partition coefficient (Wildman–Crippen LogP) is 7.20. The van der Waals surface area contributed by atoms with Crippen LogP contribution in [0, 0.1) is 17.0 Å². The molecule has 0 aliphatic carbocycles. The Kier molecular flexibility index (Phi) is 8.56. The van der Waals surface area contributed by atoms with Gasteiger partial charge in [-0.05, 0) is 53.9 Å². The largest absolute Gasteiger partial charge is 0.416 e. The Morgan fingerprint density at radius 2 is 1.77 bits per heavy atom. The number of hydrogen-bond donors (Lipinski definition) is 1. The van der Waals surface area contributed by atoms with E-state index in [1.54, 1.807) is 18.3 Å². The number of nitrogens with zero attached hydrogens (tertiary/aromatic N) is 3. The number of nitrogens with one attached hydrogen (secondary N) is 1. The van der Waals surface area contributed by atoms with Crippen LogP contribution in [0.4, 0.5) is 18.9 Å². The van der Waals surface area contributed by atoms with Gasteiger partial charge in [0, 0.05) is 73.0 Å². The summed E-state index contributed by atoms with van der Waals surface area (Å²) in [4.78, 5) is 28.7. The van der Waals surface area contributed by atoms with Gasteiger partial charge in [0.05, 0.1) is 10.5 Å². The van der Waals surface area contributed by atoms with Gasteiger partial charge in [-0.2, -0.15) is 13.2 Å². The van der Waals surface area contributed by atoms with Crippen LogP contribution >= 0.6 is 0 Å². The first kappa shape index (κ1) is 29.5. The molecule has 0 radical (unpaired) electrons. The van der Waals surface area contributed by atoms with Crippen molar-refractivity contribution >= 4 is 22.5 Å². The fourth-order valence-corrected chi connectivity index (χ4v) is 5.17. The molecule has 0 aliphatic rings. The van der Waals surface area contributed by atoms with E-state index in [1.165, 1.54) is 24.3 Å². The minimum absolute atomic E-state index is 0.0695. The quantitative estimate of drug-likeness (QED) is 0.138. The van der Waals surface area contributed by atoms with Gasteiger partial charge in [0.25, 0.3) is 5.69 Å². The number of aryl methyl sites for hydroxylation is 1. The van der Waals surface area contributed by atoms with Crippen molar-refractivity contribution in [3.63, 3.8) is 0 Å². The average Bonchev–Trinajstić information content (AvgIpc) is 3.34. The Balaban J connectivity index is 1.54. The molecule has 0 fully saturated rings. The zero-order chi connectivity index (χ0) is 30.6. The number of fused-ring (bicyclic) bond motifs is 1. The summed E-state index contributed by atoms with van der Waals surface area (Å²) >= 11 is 0. The first-order chi connectivity index (χ1) is 20.6. The summed E-state index contributed by atoms with van der Waals surface area (Å²) < 4.78 is 42.0. The summed E-state index contributed by atoms with van der Waals surface area (Å²) in [6.45, 7) is 2.78. The third kappa shape index (κ3) is 7.09. The standard InChI is InChI=1S/C33H29F3N4O3/c1-22-5-7-23(8-6-22)20-39-21-30(29-18-27(40(42)43)13-14-31(29)39)28(24-9-11-25(12-10-24)33(34,35)36)19-32(41)38-17-15-26-4-2-3-16-37-26/h2-14,16,18,21,28H,15,17,19-20H2,1H3,(H,38,41)/t28-/m0/s1. The van der Waals surface area contributed by atoms with Crippen LogP contribution in [0.15, 0.2) is 97.3 Å². The van der Waals surface area contributed by atoms with Crippen LogP contribution in [0.25, 0.3) is 10.9 Å². The van der Waals surface area contributed by atoms with Gasteiger partial charge in [0.2, 0.25) is 5.91 Å². The normalized spacial score (nSPS) is 12.3. The molecule has 0 unspecified atom stereocenters. The summed E-state index contributed by atoms with van der Waals surface area (Å²) in [5, 5.41) is 15.1. The van der Waals surface area contributed by atoms with Crippen LogP contribution < -0.4 is 5.32 Å². The topological polar surface area (TPSA) is 90.1 Å². The van der Waals surface area contributed by atoms with Crippen LogP contribution in [-0.4, -0.2) is 26.9 Å². The predicted molar refractivity (Wildman–Crippen MR) is 158 cm³/mol. The van der Waals surface area contributed by atoms with Crippen LogP contribution in [0.5, 0.6) is 0 Å². The molecule has 2 heterocycles. The highest BCUT2D eigenvalue weighted by atomic mass is 19.4. The number of halogens is 3. The molecule has 1 N–H and O–H groups in total. The zero-order valence-corrected chi connectivity index (χ0v) is 23.3. The molecule has 0 spiro atoms. The lowest BCUT2D eigenvalue weighted by Gasteiger charge is -2.18. The Bertz CT molecular complexity index is 1730. The zero-order valence-electron chi connectivity index (χ0n) is 23.3. The molecule has 3 aromatic carbocycles. The molecule has 220 valence electrons. The first-order valence-corrected chi connectivity index (χ1v) is 13.7. The van der Waals surface area contributed by atoms with Crippen molar-refractivity contribution in [1.29, 1.82) is 0 Å². The first-order valence-electron chi connectivity index (χ1n) is 13.7. The summed E-state index contributed by atoms with van der Waals surface area (Å²) in [7, 11) is 0. The molecule has 0 saturated carbocycles. The molecule has 1 amide bonds. The van der Waals surface area contributed by atoms with E-state index < -0.39 is 22.6 Å². The highest BCUT2D eigenvalue weighted by molar-refractivity contribution is 5.88. The van der Waals surface area contributed by atoms with Gasteiger partial charge in [0.15, 0.2) is 0 Å². The third-order valence-electron chi connectivity index (χ3n) is 7.41. The lowest BCUT2D eigenvalue weighted by atomic mass is 9.87. The molecular weight excluding hydrogens is 557 g/mol. The van der Waals surface area contributed by atoms with E-state index >= 15 is 0 Å². The molecule has 2 aromatic heterocycles. The molecule has 7 nitrogen and oxygen atoms in total. The van der Waals surface area contributed by atoms with E-state index in [1.807, 2.05) is 54.1 Å². The van der Waals surface area contributed by atoms with E-state index in [0.29, 0.717) is 41.5 Å². The van der Waals surface area contributed by atoms with Crippen LogP contribution in [-0.2, 0) is 23.9 Å². The molecule has 0 aliphatic heterocycles. The lowest BCUT2D eigenvalue weighted by molar-refractivity contribution is -0.384. The highest BCUT2D eigenvalue weighted by Gasteiger charge is 2.31. The van der Waals surface area contributed by atoms with Gasteiger partial charge in [-0.3, -0.25) is 19.9 Å². The number of nitro benzene ring substituents is 1. The second-order valence-corrected chi connectivity index (χ2v) is 10.5. The summed E-state index contributed by atoms with van der Waals surface area (Å²) in [5.41, 5.74) is 3.83. The smallest absolute Gasteiger partial charge is 0.356 e. The highest BCUT2D eigenvalue weighted by Crippen LogP contribution is 2.38. The fourth-order valence-electron chi connectivity index (χ4n) is 5.17. The molecule has 0 saturated heterocycles. The average molecular weight is 587 g/mol. The maximum absolute atomic E-state index is 13.4. The number of alkyl halides is 3. The van der Waals surface area contributed by atoms with Crippen LogP contribution in [0.2, 0.25) is 0 Å². The molecule has 0 bridgehead atoms. The summed E-state index contributed by atoms with van der Waals surface area (Å²) in [6, 6.07) is 22.8. The third-order valence-corrected chi connectivity index (χ3v) is 7.41. The number of carbonyl (C=O) groups is 1. The van der Waals surface area contributed by atoms with E-state index in [2.05, 4.69) is 10.3 Å². The number of amides is 1. The van der Waals surface area contributed by atoms with Crippen molar-refractivity contribution in [2.45, 2.75) is 38.4 Å². The number of rotatable bonds is 10. The molecule has 5 aromatic rings. The number of non-ortho nitro benzene ring substituents is 1. The number of hydrogen-bond acceptors (Lipinski definition) is 4. The number of carbonyl (C=O) groups excluding carboxylic acids is 1. The second-order valence-electron chi connectivity index (χ2n) is 10.5. The van der Waals surface area contributed by atoms with Gasteiger partial charge in [-0.1, -0.05) is 48.0 Å². The van der Waals surface area contributed by atoms with Crippen molar-refractivity contribution in [2.75, 3.05) is 6.54 Å². The second kappa shape index (κ2) is 12.5. The molecule has 43 heavy (non-hydrogen) atoms. The van der Waals surface area contributed by atoms with Gasteiger partial charge in [0.1, 0.15) is 0 Å². The summed E-state index contributed by atoms with van der Waals surface area (Å²) in [6.07, 6.45) is -0.553. The minimum Gasteiger partial charge on any atom is -0.356 e. The number of benzene rings is 3. The van der Waals surface area contributed by atoms with E-state index in [9.17, 15) is 28.1 Å². The van der Waals surface area contributed by atoms with Gasteiger partial charge >= 0.3 is 6.18 Å². The Morgan fingerprint density at radius 1 is 1.02 bits per heavy atom. The number of aromatic nitrogens is 2. The van der Waals surface area contributed by atoms with Crippen molar-refractivity contribution in [3.8, 4) is 0 Å². The molecule has 10 heteroatoms. The number of pyridine rings is 1. The maximum Gasteiger partial charge on any atom is 0.416 e. The fraction of sp³-hybridized carbons (Fsp3) is 0.212.